The van der Waals surface area contributed by atoms with E-state index < -0.39 is 0 Å². The molecule has 14 heavy (non-hydrogen) atoms. The van der Waals surface area contributed by atoms with Crippen LogP contribution in [0.1, 0.15) is 16.4 Å². The first-order valence-electron chi connectivity index (χ1n) is 4.20. The largest absolute Gasteiger partial charge is 0.390 e. The van der Waals surface area contributed by atoms with Crippen LogP contribution in [-0.4, -0.2) is 15.1 Å². The fraction of sp³-hybridized carbons (Fsp3) is 0.333. The molecule has 0 aliphatic heterocycles. The van der Waals surface area contributed by atoms with Crippen LogP contribution < -0.4 is 0 Å². The number of thiazole rings is 2. The number of aromatic nitrogens is 2. The van der Waals surface area contributed by atoms with Crippen molar-refractivity contribution in [3.8, 4) is 9.88 Å². The molecule has 0 saturated carbocycles. The maximum atomic E-state index is 8.90. The standard InChI is InChI=1S/C9H10N2OS2/c1-5-8(14-6(2)10-5)9-11-7(3-12)4-13-9/h4,12H,3H2,1-2H3. The second-order valence-corrected chi connectivity index (χ2v) is 5.01. The van der Waals surface area contributed by atoms with Gasteiger partial charge in [0.1, 0.15) is 5.01 Å². The van der Waals surface area contributed by atoms with E-state index in [4.69, 9.17) is 5.11 Å². The monoisotopic (exact) mass is 226 g/mol. The van der Waals surface area contributed by atoms with E-state index >= 15 is 0 Å². The van der Waals surface area contributed by atoms with Crippen LogP contribution in [0.3, 0.4) is 0 Å². The van der Waals surface area contributed by atoms with Gasteiger partial charge in [0.25, 0.3) is 0 Å². The van der Waals surface area contributed by atoms with Crippen LogP contribution in [0.5, 0.6) is 0 Å². The van der Waals surface area contributed by atoms with Crippen LogP contribution in [0.15, 0.2) is 5.38 Å². The van der Waals surface area contributed by atoms with Crippen molar-refractivity contribution >= 4 is 22.7 Å². The predicted molar refractivity (Wildman–Crippen MR) is 58.6 cm³/mol. The number of aliphatic hydroxyl groups excluding tert-OH is 1. The first kappa shape index (κ1) is 9.76. The van der Waals surface area contributed by atoms with Crippen LogP contribution in [0, 0.1) is 13.8 Å². The van der Waals surface area contributed by atoms with Crippen molar-refractivity contribution in [2.45, 2.75) is 20.5 Å². The normalized spacial score (nSPS) is 10.8. The van der Waals surface area contributed by atoms with Crippen LogP contribution in [-0.2, 0) is 6.61 Å². The summed E-state index contributed by atoms with van der Waals surface area (Å²) < 4.78 is 0. The predicted octanol–water partition coefficient (Wildman–Crippen LogP) is 2.38. The Labute approximate surface area is 90.1 Å². The third-order valence-electron chi connectivity index (χ3n) is 1.81. The van der Waals surface area contributed by atoms with Gasteiger partial charge >= 0.3 is 0 Å². The Bertz CT molecular complexity index is 447. The Kier molecular flexibility index (Phi) is 2.62. The summed E-state index contributed by atoms with van der Waals surface area (Å²) in [5.74, 6) is 0. The van der Waals surface area contributed by atoms with Crippen molar-refractivity contribution in [3.63, 3.8) is 0 Å². The Morgan fingerprint density at radius 3 is 2.64 bits per heavy atom. The number of hydrogen-bond acceptors (Lipinski definition) is 5. The summed E-state index contributed by atoms with van der Waals surface area (Å²) >= 11 is 3.20. The molecule has 2 aromatic rings. The molecular formula is C9H10N2OS2. The highest BCUT2D eigenvalue weighted by Crippen LogP contribution is 2.31. The maximum absolute atomic E-state index is 8.90. The number of nitrogens with zero attached hydrogens (tertiary/aromatic N) is 2. The molecule has 2 heterocycles. The van der Waals surface area contributed by atoms with Gasteiger partial charge in [-0.1, -0.05) is 0 Å². The molecule has 1 N–H and O–H groups in total. The summed E-state index contributed by atoms with van der Waals surface area (Å²) in [7, 11) is 0. The third-order valence-corrected chi connectivity index (χ3v) is 3.93. The summed E-state index contributed by atoms with van der Waals surface area (Å²) in [6, 6.07) is 0. The molecule has 0 saturated heterocycles. The van der Waals surface area contributed by atoms with Gasteiger partial charge in [0.2, 0.25) is 0 Å². The minimum atomic E-state index is 0.00728. The van der Waals surface area contributed by atoms with Crippen molar-refractivity contribution in [3.05, 3.63) is 21.8 Å². The number of rotatable bonds is 2. The maximum Gasteiger partial charge on any atom is 0.135 e. The van der Waals surface area contributed by atoms with E-state index in [1.54, 1.807) is 22.7 Å². The summed E-state index contributed by atoms with van der Waals surface area (Å²) in [5.41, 5.74) is 1.75. The number of hydrogen-bond donors (Lipinski definition) is 1. The molecule has 2 aromatic heterocycles. The molecule has 0 atom stereocenters. The molecule has 2 rings (SSSR count). The molecular weight excluding hydrogens is 216 g/mol. The topological polar surface area (TPSA) is 46.0 Å². The van der Waals surface area contributed by atoms with E-state index in [-0.39, 0.29) is 6.61 Å². The number of aryl methyl sites for hydroxylation is 2. The fourth-order valence-corrected chi connectivity index (χ4v) is 3.09. The summed E-state index contributed by atoms with van der Waals surface area (Å²) in [5, 5.41) is 12.8. The van der Waals surface area contributed by atoms with E-state index in [1.165, 1.54) is 0 Å². The van der Waals surface area contributed by atoms with E-state index in [2.05, 4.69) is 9.97 Å². The lowest BCUT2D eigenvalue weighted by Gasteiger charge is -1.90. The highest BCUT2D eigenvalue weighted by atomic mass is 32.1. The Hall–Kier alpha value is -0.780. The van der Waals surface area contributed by atoms with Crippen LogP contribution in [0.2, 0.25) is 0 Å². The molecule has 5 heteroatoms. The minimum absolute atomic E-state index is 0.00728. The molecule has 0 fully saturated rings. The average Bonchev–Trinajstić information content (AvgIpc) is 2.71. The van der Waals surface area contributed by atoms with Crippen molar-refractivity contribution in [1.29, 1.82) is 0 Å². The highest BCUT2D eigenvalue weighted by Gasteiger charge is 2.10. The third kappa shape index (κ3) is 1.70. The van der Waals surface area contributed by atoms with Gasteiger partial charge in [0.15, 0.2) is 0 Å². The lowest BCUT2D eigenvalue weighted by Crippen LogP contribution is -1.82. The molecule has 0 bridgehead atoms. The van der Waals surface area contributed by atoms with E-state index in [9.17, 15) is 0 Å². The second kappa shape index (κ2) is 3.76. The first-order valence-corrected chi connectivity index (χ1v) is 5.90. The van der Waals surface area contributed by atoms with Crippen molar-refractivity contribution in [1.82, 2.24) is 9.97 Å². The van der Waals surface area contributed by atoms with Crippen molar-refractivity contribution in [2.24, 2.45) is 0 Å². The Morgan fingerprint density at radius 1 is 1.36 bits per heavy atom. The molecule has 3 nitrogen and oxygen atoms in total. The van der Waals surface area contributed by atoms with E-state index in [0.29, 0.717) is 0 Å². The quantitative estimate of drug-likeness (QED) is 0.855. The lowest BCUT2D eigenvalue weighted by molar-refractivity contribution is 0.278. The second-order valence-electron chi connectivity index (χ2n) is 2.95. The fourth-order valence-electron chi connectivity index (χ4n) is 1.21. The molecule has 0 spiro atoms. The Morgan fingerprint density at radius 2 is 2.14 bits per heavy atom. The van der Waals surface area contributed by atoms with Crippen molar-refractivity contribution < 1.29 is 5.11 Å². The van der Waals surface area contributed by atoms with Crippen LogP contribution >= 0.6 is 22.7 Å². The average molecular weight is 226 g/mol. The zero-order valence-corrected chi connectivity index (χ0v) is 9.58. The first-order chi connectivity index (χ1) is 6.70. The van der Waals surface area contributed by atoms with E-state index in [0.717, 1.165) is 26.3 Å². The molecule has 0 aliphatic rings. The molecule has 0 radical (unpaired) electrons. The van der Waals surface area contributed by atoms with Gasteiger partial charge < -0.3 is 5.11 Å². The molecule has 0 amide bonds. The number of aliphatic hydroxyl groups is 1. The van der Waals surface area contributed by atoms with Gasteiger partial charge in [-0.2, -0.15) is 0 Å². The molecule has 0 unspecified atom stereocenters. The van der Waals surface area contributed by atoms with Gasteiger partial charge in [-0.15, -0.1) is 22.7 Å². The van der Waals surface area contributed by atoms with Crippen LogP contribution in [0.4, 0.5) is 0 Å². The lowest BCUT2D eigenvalue weighted by atomic mass is 10.4. The van der Waals surface area contributed by atoms with Gasteiger partial charge in [-0.25, -0.2) is 9.97 Å². The Balaban J connectivity index is 2.43. The minimum Gasteiger partial charge on any atom is -0.390 e. The smallest absolute Gasteiger partial charge is 0.135 e. The van der Waals surface area contributed by atoms with Gasteiger partial charge in [-0.05, 0) is 13.8 Å². The summed E-state index contributed by atoms with van der Waals surface area (Å²) in [4.78, 5) is 9.78. The SMILES string of the molecule is Cc1nc(C)c(-c2nc(CO)cs2)s1. The van der Waals surface area contributed by atoms with Gasteiger partial charge in [0.05, 0.1) is 27.9 Å². The molecule has 0 aromatic carbocycles. The van der Waals surface area contributed by atoms with E-state index in [1.807, 2.05) is 19.2 Å². The van der Waals surface area contributed by atoms with Gasteiger partial charge in [0, 0.05) is 5.38 Å². The highest BCUT2D eigenvalue weighted by molar-refractivity contribution is 7.21. The zero-order chi connectivity index (χ0) is 10.1. The molecule has 0 aliphatic carbocycles. The molecule has 74 valence electrons. The van der Waals surface area contributed by atoms with Gasteiger partial charge in [-0.3, -0.25) is 0 Å². The summed E-state index contributed by atoms with van der Waals surface area (Å²) in [6.45, 7) is 3.98. The zero-order valence-electron chi connectivity index (χ0n) is 7.94. The summed E-state index contributed by atoms with van der Waals surface area (Å²) in [6.07, 6.45) is 0. The van der Waals surface area contributed by atoms with Crippen LogP contribution in [0.25, 0.3) is 9.88 Å². The van der Waals surface area contributed by atoms with Crippen molar-refractivity contribution in [2.75, 3.05) is 0 Å².